The highest BCUT2D eigenvalue weighted by molar-refractivity contribution is 5.71. The normalized spacial score (nSPS) is 12.2. The Morgan fingerprint density at radius 3 is 0.968 bits per heavy atom. The summed E-state index contributed by atoms with van der Waals surface area (Å²) in [7, 11) is 0. The molecule has 1 unspecified atom stereocenters. The van der Waals surface area contributed by atoms with Gasteiger partial charge in [-0.2, -0.15) is 0 Å². The van der Waals surface area contributed by atoms with Crippen molar-refractivity contribution in [3.05, 3.63) is 36.5 Å². The fourth-order valence-corrected chi connectivity index (χ4v) is 8.05. The molecule has 6 heteroatoms. The van der Waals surface area contributed by atoms with Crippen LogP contribution in [-0.4, -0.2) is 37.2 Å². The molecule has 6 nitrogen and oxygen atoms in total. The Labute approximate surface area is 391 Å². The van der Waals surface area contributed by atoms with Crippen molar-refractivity contribution in [1.29, 1.82) is 0 Å². The van der Waals surface area contributed by atoms with Gasteiger partial charge in [0.25, 0.3) is 0 Å². The molecule has 0 amide bonds. The zero-order chi connectivity index (χ0) is 45.8. The molecular weight excluding hydrogens is 781 g/mol. The Morgan fingerprint density at radius 2 is 0.619 bits per heavy atom. The zero-order valence-electron chi connectivity index (χ0n) is 42.1. The standard InChI is InChI=1S/C57H104O6/c1-4-7-10-13-16-18-20-22-24-26-27-28-29-31-32-34-36-38-41-44-47-50-56(59)62-53-54(52-61-55(58)49-46-43-40-15-12-9-6-3)63-57(60)51-48-45-42-39-37-35-33-30-25-23-21-19-17-14-11-8-5-2/h8,11,17,19,23,25,54H,4-7,9-10,12-16,18,20-22,24,26-53H2,1-3H3/b11-8-,19-17-,25-23-. The van der Waals surface area contributed by atoms with E-state index in [9.17, 15) is 14.4 Å². The van der Waals surface area contributed by atoms with Gasteiger partial charge in [-0.15, -0.1) is 0 Å². The van der Waals surface area contributed by atoms with Crippen LogP contribution in [-0.2, 0) is 28.6 Å². The first kappa shape index (κ1) is 60.6. The van der Waals surface area contributed by atoms with Crippen molar-refractivity contribution in [1.82, 2.24) is 0 Å². The summed E-state index contributed by atoms with van der Waals surface area (Å²) in [6.07, 6.45) is 61.6. The van der Waals surface area contributed by atoms with E-state index in [1.165, 1.54) is 167 Å². The molecule has 0 rings (SSSR count). The summed E-state index contributed by atoms with van der Waals surface area (Å²) in [6, 6.07) is 0. The Bertz CT molecular complexity index is 1060. The summed E-state index contributed by atoms with van der Waals surface area (Å²) in [5.74, 6) is -0.875. The molecular formula is C57H104O6. The molecule has 0 heterocycles. The molecule has 0 saturated carbocycles. The highest BCUT2D eigenvalue weighted by Crippen LogP contribution is 2.17. The quantitative estimate of drug-likeness (QED) is 0.0262. The molecule has 1 atom stereocenters. The molecule has 0 fully saturated rings. The fraction of sp³-hybridized carbons (Fsp3) is 0.842. The van der Waals surface area contributed by atoms with Gasteiger partial charge in [0.2, 0.25) is 0 Å². The van der Waals surface area contributed by atoms with Gasteiger partial charge < -0.3 is 14.2 Å². The van der Waals surface area contributed by atoms with E-state index in [4.69, 9.17) is 14.2 Å². The van der Waals surface area contributed by atoms with Crippen molar-refractivity contribution in [2.75, 3.05) is 13.2 Å². The van der Waals surface area contributed by atoms with Crippen LogP contribution in [0.4, 0.5) is 0 Å². The van der Waals surface area contributed by atoms with Crippen LogP contribution in [0, 0.1) is 0 Å². The molecule has 63 heavy (non-hydrogen) atoms. The highest BCUT2D eigenvalue weighted by Gasteiger charge is 2.19. The molecule has 0 aromatic carbocycles. The van der Waals surface area contributed by atoms with Gasteiger partial charge in [-0.1, -0.05) is 256 Å². The van der Waals surface area contributed by atoms with Crippen molar-refractivity contribution in [3.8, 4) is 0 Å². The molecule has 0 aromatic rings. The average Bonchev–Trinajstić information content (AvgIpc) is 3.28. The molecule has 0 aromatic heterocycles. The van der Waals surface area contributed by atoms with E-state index >= 15 is 0 Å². The SMILES string of the molecule is CC/C=C\C/C=C\C/C=C\CCCCCCCCCC(=O)OC(COC(=O)CCCCCCCCC)COC(=O)CCCCCCCCCCCCCCCCCCCCCCC. The van der Waals surface area contributed by atoms with Gasteiger partial charge in [0, 0.05) is 19.3 Å². The third-order valence-electron chi connectivity index (χ3n) is 12.2. The molecule has 0 N–H and O–H groups in total. The predicted octanol–water partition coefficient (Wildman–Crippen LogP) is 18.1. The van der Waals surface area contributed by atoms with Crippen LogP contribution >= 0.6 is 0 Å². The molecule has 0 spiro atoms. The van der Waals surface area contributed by atoms with Crippen LogP contribution in [0.1, 0.15) is 290 Å². The summed E-state index contributed by atoms with van der Waals surface area (Å²) in [4.78, 5) is 37.9. The van der Waals surface area contributed by atoms with Gasteiger partial charge in [0.15, 0.2) is 6.10 Å². The lowest BCUT2D eigenvalue weighted by atomic mass is 10.0. The monoisotopic (exact) mass is 885 g/mol. The second kappa shape index (κ2) is 52.3. The lowest BCUT2D eigenvalue weighted by molar-refractivity contribution is -0.167. The van der Waals surface area contributed by atoms with Crippen LogP contribution in [0.15, 0.2) is 36.5 Å². The van der Waals surface area contributed by atoms with Gasteiger partial charge in [-0.25, -0.2) is 0 Å². The van der Waals surface area contributed by atoms with Crippen molar-refractivity contribution < 1.29 is 28.6 Å². The topological polar surface area (TPSA) is 78.9 Å². The van der Waals surface area contributed by atoms with Crippen molar-refractivity contribution in [2.24, 2.45) is 0 Å². The lowest BCUT2D eigenvalue weighted by Gasteiger charge is -2.18. The fourth-order valence-electron chi connectivity index (χ4n) is 8.05. The number of hydrogen-bond donors (Lipinski definition) is 0. The number of rotatable bonds is 50. The maximum Gasteiger partial charge on any atom is 0.306 e. The first-order valence-corrected chi connectivity index (χ1v) is 27.5. The van der Waals surface area contributed by atoms with Gasteiger partial charge >= 0.3 is 17.9 Å². The van der Waals surface area contributed by atoms with E-state index in [0.29, 0.717) is 19.3 Å². The Kier molecular flexibility index (Phi) is 50.3. The van der Waals surface area contributed by atoms with Crippen LogP contribution in [0.25, 0.3) is 0 Å². The highest BCUT2D eigenvalue weighted by atomic mass is 16.6. The molecule has 0 aliphatic heterocycles. The van der Waals surface area contributed by atoms with Crippen molar-refractivity contribution in [2.45, 2.75) is 297 Å². The summed E-state index contributed by atoms with van der Waals surface area (Å²) in [5.41, 5.74) is 0. The predicted molar refractivity (Wildman–Crippen MR) is 270 cm³/mol. The number of esters is 3. The number of allylic oxidation sites excluding steroid dienone is 6. The van der Waals surface area contributed by atoms with E-state index in [1.54, 1.807) is 0 Å². The number of carbonyl (C=O) groups excluding carboxylic acids is 3. The van der Waals surface area contributed by atoms with Crippen LogP contribution in [0.2, 0.25) is 0 Å². The summed E-state index contributed by atoms with van der Waals surface area (Å²) >= 11 is 0. The van der Waals surface area contributed by atoms with E-state index in [-0.39, 0.29) is 31.1 Å². The third kappa shape index (κ3) is 50.5. The average molecular weight is 885 g/mol. The summed E-state index contributed by atoms with van der Waals surface area (Å²) in [6.45, 7) is 6.51. The minimum absolute atomic E-state index is 0.0724. The second-order valence-corrected chi connectivity index (χ2v) is 18.5. The zero-order valence-corrected chi connectivity index (χ0v) is 42.1. The minimum atomic E-state index is -0.771. The molecule has 0 radical (unpaired) electrons. The van der Waals surface area contributed by atoms with Gasteiger partial charge in [0.05, 0.1) is 0 Å². The third-order valence-corrected chi connectivity index (χ3v) is 12.2. The van der Waals surface area contributed by atoms with Crippen LogP contribution in [0.3, 0.4) is 0 Å². The smallest absolute Gasteiger partial charge is 0.306 e. The van der Waals surface area contributed by atoms with Gasteiger partial charge in [0.1, 0.15) is 13.2 Å². The molecule has 0 aliphatic carbocycles. The first-order chi connectivity index (χ1) is 31.0. The number of hydrogen-bond acceptors (Lipinski definition) is 6. The Morgan fingerprint density at radius 1 is 0.333 bits per heavy atom. The number of ether oxygens (including phenoxy) is 3. The largest absolute Gasteiger partial charge is 0.462 e. The first-order valence-electron chi connectivity index (χ1n) is 27.5. The maximum absolute atomic E-state index is 12.8. The van der Waals surface area contributed by atoms with Gasteiger partial charge in [-0.3, -0.25) is 14.4 Å². The lowest BCUT2D eigenvalue weighted by Crippen LogP contribution is -2.30. The summed E-state index contributed by atoms with van der Waals surface area (Å²) in [5, 5.41) is 0. The molecule has 0 saturated heterocycles. The van der Waals surface area contributed by atoms with E-state index < -0.39 is 6.10 Å². The Balaban J connectivity index is 4.17. The van der Waals surface area contributed by atoms with Crippen molar-refractivity contribution in [3.63, 3.8) is 0 Å². The van der Waals surface area contributed by atoms with Crippen LogP contribution in [0.5, 0.6) is 0 Å². The van der Waals surface area contributed by atoms with Gasteiger partial charge in [-0.05, 0) is 51.4 Å². The number of carbonyl (C=O) groups is 3. The second-order valence-electron chi connectivity index (χ2n) is 18.5. The van der Waals surface area contributed by atoms with E-state index in [0.717, 1.165) is 83.5 Å². The van der Waals surface area contributed by atoms with E-state index in [2.05, 4.69) is 57.2 Å². The Hall–Kier alpha value is -2.37. The molecule has 368 valence electrons. The van der Waals surface area contributed by atoms with Crippen molar-refractivity contribution >= 4 is 17.9 Å². The molecule has 0 aliphatic rings. The summed E-state index contributed by atoms with van der Waals surface area (Å²) < 4.78 is 16.8. The minimum Gasteiger partial charge on any atom is -0.462 e. The maximum atomic E-state index is 12.8. The van der Waals surface area contributed by atoms with Crippen LogP contribution < -0.4 is 0 Å². The van der Waals surface area contributed by atoms with E-state index in [1.807, 2.05) is 0 Å². The number of unbranched alkanes of at least 4 members (excludes halogenated alkanes) is 33. The molecule has 0 bridgehead atoms.